The zero-order valence-corrected chi connectivity index (χ0v) is 10.5. The van der Waals surface area contributed by atoms with E-state index >= 15 is 0 Å². The maximum Gasteiger partial charge on any atom is 0.319 e. The smallest absolute Gasteiger partial charge is 0.319 e. The summed E-state index contributed by atoms with van der Waals surface area (Å²) in [4.78, 5) is 11.0. The quantitative estimate of drug-likeness (QED) is 0.759. The molecule has 4 nitrogen and oxygen atoms in total. The lowest BCUT2D eigenvalue weighted by atomic mass is 10.1. The summed E-state index contributed by atoms with van der Waals surface area (Å²) in [5.41, 5.74) is 1.12. The molecule has 0 saturated carbocycles. The van der Waals surface area contributed by atoms with Gasteiger partial charge in [0.2, 0.25) is 0 Å². The van der Waals surface area contributed by atoms with E-state index in [1.54, 1.807) is 7.11 Å². The minimum atomic E-state index is -0.253. The second-order valence-electron chi connectivity index (χ2n) is 3.87. The van der Waals surface area contributed by atoms with Gasteiger partial charge in [-0.3, -0.25) is 4.79 Å². The van der Waals surface area contributed by atoms with Gasteiger partial charge in [-0.25, -0.2) is 0 Å². The monoisotopic (exact) mass is 237 g/mol. The first-order chi connectivity index (χ1) is 8.17. The van der Waals surface area contributed by atoms with E-state index in [1.165, 1.54) is 7.11 Å². The standard InChI is InChI=1S/C13H19NO3/c1-10(14-9-13(15)17-3)8-11-6-4-5-7-12(11)16-2/h4-7,10,14H,8-9H2,1-3H3. The first kappa shape index (κ1) is 13.5. The molecule has 1 aromatic rings. The predicted molar refractivity (Wildman–Crippen MR) is 66.2 cm³/mol. The molecule has 0 heterocycles. The molecular weight excluding hydrogens is 218 g/mol. The molecule has 0 aliphatic rings. The number of rotatable bonds is 6. The number of para-hydroxylation sites is 1. The van der Waals surface area contributed by atoms with Crippen LogP contribution >= 0.6 is 0 Å². The summed E-state index contributed by atoms with van der Waals surface area (Å²) >= 11 is 0. The van der Waals surface area contributed by atoms with Gasteiger partial charge in [-0.1, -0.05) is 18.2 Å². The Bertz CT molecular complexity index is 365. The highest BCUT2D eigenvalue weighted by molar-refractivity contribution is 5.71. The summed E-state index contributed by atoms with van der Waals surface area (Å²) in [5.74, 6) is 0.621. The largest absolute Gasteiger partial charge is 0.496 e. The molecule has 0 saturated heterocycles. The summed E-state index contributed by atoms with van der Waals surface area (Å²) in [6.45, 7) is 2.25. The summed E-state index contributed by atoms with van der Waals surface area (Å²) < 4.78 is 9.84. The third-order valence-corrected chi connectivity index (χ3v) is 2.54. The van der Waals surface area contributed by atoms with Crippen LogP contribution in [0, 0.1) is 0 Å². The molecule has 1 atom stereocenters. The van der Waals surface area contributed by atoms with E-state index in [1.807, 2.05) is 31.2 Å². The first-order valence-electron chi connectivity index (χ1n) is 5.59. The molecule has 0 bridgehead atoms. The Morgan fingerprint density at radius 2 is 2.06 bits per heavy atom. The molecule has 0 aliphatic heterocycles. The molecule has 0 spiro atoms. The van der Waals surface area contributed by atoms with Crippen LogP contribution in [0.5, 0.6) is 5.75 Å². The van der Waals surface area contributed by atoms with Crippen molar-refractivity contribution >= 4 is 5.97 Å². The SMILES string of the molecule is COC(=O)CNC(C)Cc1ccccc1OC. The van der Waals surface area contributed by atoms with Gasteiger partial charge in [0.1, 0.15) is 5.75 Å². The van der Waals surface area contributed by atoms with Crippen LogP contribution in [-0.4, -0.2) is 32.8 Å². The molecule has 0 amide bonds. The number of benzene rings is 1. The van der Waals surface area contributed by atoms with E-state index in [0.717, 1.165) is 17.7 Å². The zero-order chi connectivity index (χ0) is 12.7. The highest BCUT2D eigenvalue weighted by atomic mass is 16.5. The molecule has 4 heteroatoms. The Balaban J connectivity index is 2.50. The number of carbonyl (C=O) groups excluding carboxylic acids is 1. The Hall–Kier alpha value is -1.55. The second-order valence-corrected chi connectivity index (χ2v) is 3.87. The minimum Gasteiger partial charge on any atom is -0.496 e. The molecule has 1 rings (SSSR count). The fourth-order valence-electron chi connectivity index (χ4n) is 1.60. The van der Waals surface area contributed by atoms with Gasteiger partial charge in [0, 0.05) is 6.04 Å². The van der Waals surface area contributed by atoms with Crippen molar-refractivity contribution in [1.29, 1.82) is 0 Å². The van der Waals surface area contributed by atoms with Crippen molar-refractivity contribution in [3.05, 3.63) is 29.8 Å². The van der Waals surface area contributed by atoms with E-state index in [-0.39, 0.29) is 18.6 Å². The fourth-order valence-corrected chi connectivity index (χ4v) is 1.60. The maximum atomic E-state index is 11.0. The van der Waals surface area contributed by atoms with Crippen LogP contribution in [0.1, 0.15) is 12.5 Å². The number of hydrogen-bond donors (Lipinski definition) is 1. The van der Waals surface area contributed by atoms with Gasteiger partial charge < -0.3 is 14.8 Å². The van der Waals surface area contributed by atoms with E-state index < -0.39 is 0 Å². The number of nitrogens with one attached hydrogen (secondary N) is 1. The van der Waals surface area contributed by atoms with Crippen LogP contribution in [0.4, 0.5) is 0 Å². The van der Waals surface area contributed by atoms with Gasteiger partial charge in [0.05, 0.1) is 20.8 Å². The van der Waals surface area contributed by atoms with Gasteiger partial charge >= 0.3 is 5.97 Å². The molecular formula is C13H19NO3. The summed E-state index contributed by atoms with van der Waals surface area (Å²) in [6.07, 6.45) is 0.807. The fraction of sp³-hybridized carbons (Fsp3) is 0.462. The lowest BCUT2D eigenvalue weighted by Gasteiger charge is -2.15. The molecule has 0 aromatic heterocycles. The second kappa shape index (κ2) is 6.91. The molecule has 0 radical (unpaired) electrons. The van der Waals surface area contributed by atoms with Crippen LogP contribution in [0.25, 0.3) is 0 Å². The molecule has 94 valence electrons. The van der Waals surface area contributed by atoms with E-state index in [0.29, 0.717) is 0 Å². The van der Waals surface area contributed by atoms with Crippen molar-refractivity contribution in [1.82, 2.24) is 5.32 Å². The van der Waals surface area contributed by atoms with Crippen LogP contribution in [-0.2, 0) is 16.0 Å². The lowest BCUT2D eigenvalue weighted by molar-refractivity contribution is -0.139. The van der Waals surface area contributed by atoms with Gasteiger partial charge in [0.25, 0.3) is 0 Å². The Labute approximate surface area is 102 Å². The van der Waals surface area contributed by atoms with E-state index in [9.17, 15) is 4.79 Å². The molecule has 1 unspecified atom stereocenters. The van der Waals surface area contributed by atoms with E-state index in [2.05, 4.69) is 10.1 Å². The Morgan fingerprint density at radius 1 is 1.35 bits per heavy atom. The number of carbonyl (C=O) groups is 1. The molecule has 0 fully saturated rings. The Morgan fingerprint density at radius 3 is 2.71 bits per heavy atom. The van der Waals surface area contributed by atoms with Crippen molar-refractivity contribution in [3.8, 4) is 5.75 Å². The van der Waals surface area contributed by atoms with Crippen LogP contribution in [0.3, 0.4) is 0 Å². The number of ether oxygens (including phenoxy) is 2. The van der Waals surface area contributed by atoms with Crippen molar-refractivity contribution < 1.29 is 14.3 Å². The van der Waals surface area contributed by atoms with Gasteiger partial charge in [-0.05, 0) is 25.0 Å². The number of hydrogen-bond acceptors (Lipinski definition) is 4. The van der Waals surface area contributed by atoms with Crippen molar-refractivity contribution in [2.45, 2.75) is 19.4 Å². The third-order valence-electron chi connectivity index (χ3n) is 2.54. The van der Waals surface area contributed by atoms with Crippen LogP contribution in [0.15, 0.2) is 24.3 Å². The van der Waals surface area contributed by atoms with Gasteiger partial charge in [-0.2, -0.15) is 0 Å². The summed E-state index contributed by atoms with van der Waals surface area (Å²) in [7, 11) is 3.04. The maximum absolute atomic E-state index is 11.0. The lowest BCUT2D eigenvalue weighted by Crippen LogP contribution is -2.33. The third kappa shape index (κ3) is 4.44. The van der Waals surface area contributed by atoms with Crippen molar-refractivity contribution in [2.24, 2.45) is 0 Å². The van der Waals surface area contributed by atoms with E-state index in [4.69, 9.17) is 4.74 Å². The number of esters is 1. The van der Waals surface area contributed by atoms with Crippen LogP contribution < -0.4 is 10.1 Å². The molecule has 17 heavy (non-hydrogen) atoms. The summed E-state index contributed by atoms with van der Waals surface area (Å²) in [5, 5.41) is 3.10. The average Bonchev–Trinajstić information content (AvgIpc) is 2.36. The normalized spacial score (nSPS) is 11.9. The van der Waals surface area contributed by atoms with Gasteiger partial charge in [-0.15, -0.1) is 0 Å². The number of methoxy groups -OCH3 is 2. The van der Waals surface area contributed by atoms with Gasteiger partial charge in [0.15, 0.2) is 0 Å². The highest BCUT2D eigenvalue weighted by Crippen LogP contribution is 2.18. The van der Waals surface area contributed by atoms with Crippen molar-refractivity contribution in [3.63, 3.8) is 0 Å². The van der Waals surface area contributed by atoms with Crippen LogP contribution in [0.2, 0.25) is 0 Å². The zero-order valence-electron chi connectivity index (χ0n) is 10.5. The molecule has 1 N–H and O–H groups in total. The predicted octanol–water partition coefficient (Wildman–Crippen LogP) is 1.39. The molecule has 1 aromatic carbocycles. The Kier molecular flexibility index (Phi) is 5.49. The topological polar surface area (TPSA) is 47.6 Å². The van der Waals surface area contributed by atoms with Crippen molar-refractivity contribution in [2.75, 3.05) is 20.8 Å². The summed E-state index contributed by atoms with van der Waals surface area (Å²) in [6, 6.07) is 8.06. The molecule has 0 aliphatic carbocycles. The highest BCUT2D eigenvalue weighted by Gasteiger charge is 2.09. The minimum absolute atomic E-state index is 0.186. The first-order valence-corrected chi connectivity index (χ1v) is 5.59. The average molecular weight is 237 g/mol.